The molecule has 0 bridgehead atoms. The Labute approximate surface area is 159 Å². The molecule has 1 aliphatic rings. The predicted molar refractivity (Wildman–Crippen MR) is 107 cm³/mol. The lowest BCUT2D eigenvalue weighted by molar-refractivity contribution is 0.0643. The second kappa shape index (κ2) is 11.2. The normalized spacial score (nSPS) is 13.7. The van der Waals surface area contributed by atoms with Crippen LogP contribution in [0.2, 0.25) is 0 Å². The fraction of sp³-hybridized carbons (Fsp3) is 0.652. The molecule has 3 heteroatoms. The van der Waals surface area contributed by atoms with Gasteiger partial charge in [-0.3, -0.25) is 14.5 Å². The van der Waals surface area contributed by atoms with Crippen LogP contribution in [0.1, 0.15) is 105 Å². The van der Waals surface area contributed by atoms with Gasteiger partial charge < -0.3 is 0 Å². The zero-order chi connectivity index (χ0) is 18.8. The van der Waals surface area contributed by atoms with Crippen molar-refractivity contribution < 1.29 is 9.59 Å². The van der Waals surface area contributed by atoms with Gasteiger partial charge in [0.15, 0.2) is 0 Å². The fourth-order valence-corrected chi connectivity index (χ4v) is 3.91. The fourth-order valence-electron chi connectivity index (χ4n) is 3.91. The average molecular weight is 358 g/mol. The van der Waals surface area contributed by atoms with Crippen molar-refractivity contribution in [2.24, 2.45) is 5.92 Å². The van der Waals surface area contributed by atoms with E-state index in [1.54, 1.807) is 12.1 Å². The maximum atomic E-state index is 12.5. The summed E-state index contributed by atoms with van der Waals surface area (Å²) >= 11 is 0. The Morgan fingerprint density at radius 1 is 0.731 bits per heavy atom. The van der Waals surface area contributed by atoms with Gasteiger partial charge in [0.2, 0.25) is 0 Å². The lowest BCUT2D eigenvalue weighted by Gasteiger charge is -2.20. The summed E-state index contributed by atoms with van der Waals surface area (Å²) in [6.07, 6.45) is 13.7. The molecule has 1 heterocycles. The second-order valence-corrected chi connectivity index (χ2v) is 7.66. The smallest absolute Gasteiger partial charge is 0.261 e. The van der Waals surface area contributed by atoms with E-state index in [0.29, 0.717) is 23.6 Å². The first-order valence-electron chi connectivity index (χ1n) is 10.6. The molecule has 0 spiro atoms. The van der Waals surface area contributed by atoms with Gasteiger partial charge in [-0.1, -0.05) is 90.2 Å². The van der Waals surface area contributed by atoms with Gasteiger partial charge in [-0.15, -0.1) is 0 Å². The average Bonchev–Trinajstić information content (AvgIpc) is 2.90. The molecule has 0 aliphatic carbocycles. The highest BCUT2D eigenvalue weighted by molar-refractivity contribution is 6.21. The van der Waals surface area contributed by atoms with Gasteiger partial charge in [-0.25, -0.2) is 0 Å². The standard InChI is InChI=1S/C23H35NO2/c1-3-5-7-9-13-19(14-10-8-6-4-2)17-18-24-22(25)20-15-11-12-16-21(20)23(24)26/h11-12,15-16,19H,3-10,13-14,17-18H2,1-2H3. The lowest BCUT2D eigenvalue weighted by atomic mass is 9.91. The minimum Gasteiger partial charge on any atom is -0.274 e. The molecule has 2 amide bonds. The third-order valence-corrected chi connectivity index (χ3v) is 5.57. The Balaban J connectivity index is 1.86. The number of amides is 2. The number of carbonyl (C=O) groups is 2. The summed E-state index contributed by atoms with van der Waals surface area (Å²) in [5.41, 5.74) is 1.14. The topological polar surface area (TPSA) is 37.4 Å². The molecular weight excluding hydrogens is 322 g/mol. The first-order chi connectivity index (χ1) is 12.7. The number of rotatable bonds is 13. The van der Waals surface area contributed by atoms with Crippen molar-refractivity contribution in [2.75, 3.05) is 6.54 Å². The lowest BCUT2D eigenvalue weighted by Crippen LogP contribution is -2.31. The van der Waals surface area contributed by atoms with Gasteiger partial charge in [-0.2, -0.15) is 0 Å². The Hall–Kier alpha value is -1.64. The van der Waals surface area contributed by atoms with Gasteiger partial charge >= 0.3 is 0 Å². The summed E-state index contributed by atoms with van der Waals surface area (Å²) in [4.78, 5) is 26.5. The van der Waals surface area contributed by atoms with Crippen LogP contribution in [0.3, 0.4) is 0 Å². The molecule has 0 atom stereocenters. The Morgan fingerprint density at radius 2 is 1.23 bits per heavy atom. The van der Waals surface area contributed by atoms with E-state index < -0.39 is 0 Å². The van der Waals surface area contributed by atoms with Crippen molar-refractivity contribution >= 4 is 11.8 Å². The van der Waals surface area contributed by atoms with Gasteiger partial charge in [0.05, 0.1) is 11.1 Å². The van der Waals surface area contributed by atoms with Gasteiger partial charge in [-0.05, 0) is 24.5 Å². The highest BCUT2D eigenvalue weighted by Crippen LogP contribution is 2.26. The molecule has 0 saturated carbocycles. The highest BCUT2D eigenvalue weighted by atomic mass is 16.2. The van der Waals surface area contributed by atoms with Crippen molar-refractivity contribution in [1.82, 2.24) is 4.90 Å². The largest absolute Gasteiger partial charge is 0.274 e. The molecule has 3 nitrogen and oxygen atoms in total. The molecule has 2 rings (SSSR count). The number of unbranched alkanes of at least 4 members (excludes halogenated alkanes) is 6. The number of hydrogen-bond donors (Lipinski definition) is 0. The first kappa shape index (κ1) is 20.7. The number of fused-ring (bicyclic) bond motifs is 1. The zero-order valence-electron chi connectivity index (χ0n) is 16.6. The van der Waals surface area contributed by atoms with E-state index >= 15 is 0 Å². The van der Waals surface area contributed by atoms with E-state index in [4.69, 9.17) is 0 Å². The minimum atomic E-state index is -0.110. The van der Waals surface area contributed by atoms with Crippen LogP contribution in [0.25, 0.3) is 0 Å². The first-order valence-corrected chi connectivity index (χ1v) is 10.6. The van der Waals surface area contributed by atoms with Gasteiger partial charge in [0.25, 0.3) is 11.8 Å². The van der Waals surface area contributed by atoms with E-state index in [2.05, 4.69) is 13.8 Å². The van der Waals surface area contributed by atoms with Crippen LogP contribution in [-0.2, 0) is 0 Å². The van der Waals surface area contributed by atoms with Gasteiger partial charge in [0, 0.05) is 6.54 Å². The number of nitrogens with zero attached hydrogens (tertiary/aromatic N) is 1. The van der Waals surface area contributed by atoms with Crippen LogP contribution in [0.15, 0.2) is 24.3 Å². The van der Waals surface area contributed by atoms with E-state index in [1.165, 1.54) is 69.1 Å². The molecule has 26 heavy (non-hydrogen) atoms. The minimum absolute atomic E-state index is 0.110. The molecule has 0 N–H and O–H groups in total. The van der Waals surface area contributed by atoms with Crippen molar-refractivity contribution in [2.45, 2.75) is 84.5 Å². The van der Waals surface area contributed by atoms with Crippen molar-refractivity contribution in [3.63, 3.8) is 0 Å². The monoisotopic (exact) mass is 357 g/mol. The van der Waals surface area contributed by atoms with Crippen molar-refractivity contribution in [3.8, 4) is 0 Å². The molecule has 1 aromatic rings. The van der Waals surface area contributed by atoms with E-state index in [9.17, 15) is 9.59 Å². The summed E-state index contributed by atoms with van der Waals surface area (Å²) < 4.78 is 0. The molecule has 0 saturated heterocycles. The number of benzene rings is 1. The summed E-state index contributed by atoms with van der Waals surface area (Å²) in [5.74, 6) is 0.413. The number of carbonyl (C=O) groups excluding carboxylic acids is 2. The zero-order valence-corrected chi connectivity index (χ0v) is 16.6. The third-order valence-electron chi connectivity index (χ3n) is 5.57. The molecule has 1 aromatic carbocycles. The molecule has 144 valence electrons. The molecule has 0 radical (unpaired) electrons. The van der Waals surface area contributed by atoms with E-state index in [0.717, 1.165) is 6.42 Å². The van der Waals surface area contributed by atoms with Crippen molar-refractivity contribution in [1.29, 1.82) is 0 Å². The summed E-state index contributed by atoms with van der Waals surface area (Å²) in [7, 11) is 0. The maximum Gasteiger partial charge on any atom is 0.261 e. The number of imide groups is 1. The van der Waals surface area contributed by atoms with Crippen LogP contribution < -0.4 is 0 Å². The third kappa shape index (κ3) is 5.69. The molecule has 0 fully saturated rings. The van der Waals surface area contributed by atoms with Crippen LogP contribution in [0.4, 0.5) is 0 Å². The molecule has 1 aliphatic heterocycles. The predicted octanol–water partition coefficient (Wildman–Crippen LogP) is 6.23. The van der Waals surface area contributed by atoms with Gasteiger partial charge in [0.1, 0.15) is 0 Å². The Bertz CT molecular complexity index is 534. The summed E-state index contributed by atoms with van der Waals surface area (Å²) in [6, 6.07) is 7.20. The maximum absolute atomic E-state index is 12.5. The summed E-state index contributed by atoms with van der Waals surface area (Å²) in [6.45, 7) is 5.05. The SMILES string of the molecule is CCCCCCC(CCCCCC)CCN1C(=O)c2ccccc2C1=O. The molecular formula is C23H35NO2. The molecule has 0 unspecified atom stereocenters. The van der Waals surface area contributed by atoms with Crippen LogP contribution in [0.5, 0.6) is 0 Å². The Morgan fingerprint density at radius 3 is 1.69 bits per heavy atom. The van der Waals surface area contributed by atoms with Crippen LogP contribution in [-0.4, -0.2) is 23.3 Å². The quantitative estimate of drug-likeness (QED) is 0.310. The van der Waals surface area contributed by atoms with Crippen LogP contribution in [0, 0.1) is 5.92 Å². The number of hydrogen-bond acceptors (Lipinski definition) is 2. The Kier molecular flexibility index (Phi) is 8.87. The second-order valence-electron chi connectivity index (χ2n) is 7.66. The van der Waals surface area contributed by atoms with Crippen LogP contribution >= 0.6 is 0 Å². The van der Waals surface area contributed by atoms with E-state index in [-0.39, 0.29) is 11.8 Å². The van der Waals surface area contributed by atoms with Crippen molar-refractivity contribution in [3.05, 3.63) is 35.4 Å². The van der Waals surface area contributed by atoms with E-state index in [1.807, 2.05) is 12.1 Å². The summed E-state index contributed by atoms with van der Waals surface area (Å²) in [5, 5.41) is 0. The molecule has 0 aromatic heterocycles. The highest BCUT2D eigenvalue weighted by Gasteiger charge is 2.34.